The monoisotopic (exact) mass is 416 g/mol. The molecule has 29 heavy (non-hydrogen) atoms. The van der Waals surface area contributed by atoms with Gasteiger partial charge in [-0.15, -0.1) is 0 Å². The fourth-order valence-electron chi connectivity index (χ4n) is 3.15. The smallest absolute Gasteiger partial charge is 0.387 e. The van der Waals surface area contributed by atoms with Gasteiger partial charge in [0.2, 0.25) is 0 Å². The molecule has 0 N–H and O–H groups in total. The Morgan fingerprint density at radius 3 is 2.76 bits per heavy atom. The molecule has 1 heterocycles. The van der Waals surface area contributed by atoms with Gasteiger partial charge >= 0.3 is 6.61 Å². The van der Waals surface area contributed by atoms with Crippen molar-refractivity contribution in [3.63, 3.8) is 0 Å². The van der Waals surface area contributed by atoms with Crippen LogP contribution in [0.1, 0.15) is 34.8 Å². The average Bonchev–Trinajstić information content (AvgIpc) is 3.52. The maximum absolute atomic E-state index is 12.9. The van der Waals surface area contributed by atoms with Crippen LogP contribution in [-0.4, -0.2) is 27.7 Å². The van der Waals surface area contributed by atoms with E-state index in [0.29, 0.717) is 16.1 Å². The highest BCUT2D eigenvalue weighted by molar-refractivity contribution is 7.99. The highest BCUT2D eigenvalue weighted by atomic mass is 32.2. The van der Waals surface area contributed by atoms with Gasteiger partial charge in [0.15, 0.2) is 10.9 Å². The van der Waals surface area contributed by atoms with Crippen molar-refractivity contribution in [1.29, 1.82) is 0 Å². The highest BCUT2D eigenvalue weighted by Gasteiger charge is 2.29. The number of thioether (sulfide) groups is 1. The molecule has 3 aromatic rings. The first-order valence-electron chi connectivity index (χ1n) is 9.17. The van der Waals surface area contributed by atoms with Crippen LogP contribution in [-0.2, 0) is 0 Å². The lowest BCUT2D eigenvalue weighted by atomic mass is 10.1. The van der Waals surface area contributed by atoms with Crippen molar-refractivity contribution in [2.24, 2.45) is 0 Å². The van der Waals surface area contributed by atoms with Gasteiger partial charge in [-0.3, -0.25) is 14.2 Å². The van der Waals surface area contributed by atoms with Crippen molar-refractivity contribution in [3.05, 3.63) is 63.9 Å². The molecule has 1 aliphatic rings. The first-order chi connectivity index (χ1) is 13.9. The van der Waals surface area contributed by atoms with Crippen molar-refractivity contribution in [2.45, 2.75) is 37.6 Å². The normalized spacial score (nSPS) is 13.8. The number of para-hydroxylation sites is 1. The van der Waals surface area contributed by atoms with Crippen molar-refractivity contribution in [1.82, 2.24) is 9.55 Å². The lowest BCUT2D eigenvalue weighted by Gasteiger charge is -2.13. The van der Waals surface area contributed by atoms with Gasteiger partial charge in [0.1, 0.15) is 5.75 Å². The molecule has 1 fully saturated rings. The second-order valence-electron chi connectivity index (χ2n) is 6.91. The topological polar surface area (TPSA) is 61.2 Å². The van der Waals surface area contributed by atoms with E-state index in [-0.39, 0.29) is 34.5 Å². The Labute approximate surface area is 169 Å². The predicted molar refractivity (Wildman–Crippen MR) is 107 cm³/mol. The molecule has 0 saturated heterocycles. The molecule has 0 unspecified atom stereocenters. The van der Waals surface area contributed by atoms with E-state index in [4.69, 9.17) is 0 Å². The van der Waals surface area contributed by atoms with Crippen LogP contribution in [0.25, 0.3) is 10.9 Å². The minimum Gasteiger partial charge on any atom is -0.434 e. The van der Waals surface area contributed by atoms with Crippen LogP contribution in [0, 0.1) is 6.92 Å². The maximum atomic E-state index is 12.9. The molecule has 1 aliphatic carbocycles. The summed E-state index contributed by atoms with van der Waals surface area (Å²) in [5.41, 5.74) is 1.31. The average molecular weight is 416 g/mol. The van der Waals surface area contributed by atoms with E-state index in [1.807, 2.05) is 0 Å². The number of benzene rings is 2. The summed E-state index contributed by atoms with van der Waals surface area (Å²) in [4.78, 5) is 30.2. The van der Waals surface area contributed by atoms with E-state index >= 15 is 0 Å². The van der Waals surface area contributed by atoms with E-state index in [0.717, 1.165) is 30.2 Å². The maximum Gasteiger partial charge on any atom is 0.387 e. The molecule has 0 spiro atoms. The largest absolute Gasteiger partial charge is 0.434 e. The van der Waals surface area contributed by atoms with Crippen LogP contribution < -0.4 is 10.3 Å². The Bertz CT molecular complexity index is 1140. The Morgan fingerprint density at radius 1 is 1.28 bits per heavy atom. The minimum absolute atomic E-state index is 0.0411. The van der Waals surface area contributed by atoms with E-state index in [1.54, 1.807) is 41.8 Å². The number of carbonyl (C=O) groups excluding carboxylic acids is 1. The molecule has 0 amide bonds. The number of carbonyl (C=O) groups is 1. The molecule has 1 aromatic heterocycles. The molecule has 0 atom stereocenters. The van der Waals surface area contributed by atoms with Crippen LogP contribution in [0.2, 0.25) is 0 Å². The molecular weight excluding hydrogens is 398 g/mol. The molecular formula is C21H18F2N2O3S. The Hall–Kier alpha value is -2.74. The fourth-order valence-corrected chi connectivity index (χ4v) is 4.10. The summed E-state index contributed by atoms with van der Waals surface area (Å²) in [5.74, 6) is -0.554. The van der Waals surface area contributed by atoms with Crippen molar-refractivity contribution in [2.75, 3.05) is 5.75 Å². The number of hydrogen-bond acceptors (Lipinski definition) is 5. The standard InChI is InChI=1S/C21H18F2N2O3S/c1-12-6-9-18(28-20(22)23)15(10-12)17(26)11-29-21-24-16-5-3-2-4-14(16)19(27)25(21)13-7-8-13/h2-6,9-10,13,20H,7-8,11H2,1H3. The van der Waals surface area contributed by atoms with Crippen LogP contribution in [0.4, 0.5) is 8.78 Å². The number of ether oxygens (including phenoxy) is 1. The molecule has 0 radical (unpaired) electrons. The quantitative estimate of drug-likeness (QED) is 0.320. The summed E-state index contributed by atoms with van der Waals surface area (Å²) < 4.78 is 31.5. The zero-order chi connectivity index (χ0) is 20.5. The second-order valence-corrected chi connectivity index (χ2v) is 7.85. The van der Waals surface area contributed by atoms with Crippen LogP contribution in [0.5, 0.6) is 5.75 Å². The lowest BCUT2D eigenvalue weighted by Crippen LogP contribution is -2.23. The van der Waals surface area contributed by atoms with Gasteiger partial charge in [0.25, 0.3) is 5.56 Å². The third-order valence-corrected chi connectivity index (χ3v) is 5.62. The number of aryl methyl sites for hydroxylation is 1. The summed E-state index contributed by atoms with van der Waals surface area (Å²) in [6.45, 7) is -1.25. The van der Waals surface area contributed by atoms with Crippen molar-refractivity contribution < 1.29 is 18.3 Å². The minimum atomic E-state index is -3.01. The fraction of sp³-hybridized carbons (Fsp3) is 0.286. The van der Waals surface area contributed by atoms with E-state index in [1.165, 1.54) is 12.1 Å². The summed E-state index contributed by atoms with van der Waals surface area (Å²) in [6.07, 6.45) is 1.79. The number of Topliss-reactive ketones (excluding diaryl/α,β-unsaturated/α-hetero) is 1. The zero-order valence-corrected chi connectivity index (χ0v) is 16.4. The predicted octanol–water partition coefficient (Wildman–Crippen LogP) is 4.62. The van der Waals surface area contributed by atoms with E-state index in [2.05, 4.69) is 9.72 Å². The SMILES string of the molecule is Cc1ccc(OC(F)F)c(C(=O)CSc2nc3ccccc3c(=O)n2C2CC2)c1. The van der Waals surface area contributed by atoms with Crippen LogP contribution >= 0.6 is 11.8 Å². The third kappa shape index (κ3) is 4.17. The summed E-state index contributed by atoms with van der Waals surface area (Å²) in [7, 11) is 0. The Balaban J connectivity index is 1.64. The Kier molecular flexibility index (Phi) is 5.36. The summed E-state index contributed by atoms with van der Waals surface area (Å²) in [5, 5.41) is 1.01. The molecule has 4 rings (SSSR count). The molecule has 5 nitrogen and oxygen atoms in total. The number of halogens is 2. The number of fused-ring (bicyclic) bond motifs is 1. The molecule has 1 saturated carbocycles. The van der Waals surface area contributed by atoms with Gasteiger partial charge < -0.3 is 4.74 Å². The zero-order valence-electron chi connectivity index (χ0n) is 15.6. The van der Waals surface area contributed by atoms with Gasteiger partial charge in [-0.25, -0.2) is 4.98 Å². The number of hydrogen-bond donors (Lipinski definition) is 0. The number of aromatic nitrogens is 2. The number of alkyl halides is 2. The van der Waals surface area contributed by atoms with Gasteiger partial charge in [-0.1, -0.05) is 35.5 Å². The van der Waals surface area contributed by atoms with Gasteiger partial charge in [0.05, 0.1) is 22.2 Å². The highest BCUT2D eigenvalue weighted by Crippen LogP contribution is 2.37. The number of ketones is 1. The van der Waals surface area contributed by atoms with Crippen LogP contribution in [0.15, 0.2) is 52.4 Å². The van der Waals surface area contributed by atoms with Crippen LogP contribution in [0.3, 0.4) is 0 Å². The number of rotatable bonds is 7. The molecule has 8 heteroatoms. The Morgan fingerprint density at radius 2 is 2.03 bits per heavy atom. The summed E-state index contributed by atoms with van der Waals surface area (Å²) in [6, 6.07) is 11.7. The second kappa shape index (κ2) is 7.94. The third-order valence-electron chi connectivity index (χ3n) is 4.67. The van der Waals surface area contributed by atoms with Crippen molar-refractivity contribution in [3.8, 4) is 5.75 Å². The van der Waals surface area contributed by atoms with Gasteiger partial charge in [0, 0.05) is 6.04 Å². The lowest BCUT2D eigenvalue weighted by molar-refractivity contribution is -0.0501. The first-order valence-corrected chi connectivity index (χ1v) is 10.2. The molecule has 0 aliphatic heterocycles. The van der Waals surface area contributed by atoms with E-state index < -0.39 is 6.61 Å². The molecule has 2 aromatic carbocycles. The van der Waals surface area contributed by atoms with E-state index in [9.17, 15) is 18.4 Å². The van der Waals surface area contributed by atoms with Gasteiger partial charge in [-0.2, -0.15) is 8.78 Å². The molecule has 150 valence electrons. The first kappa shape index (κ1) is 19.6. The summed E-state index contributed by atoms with van der Waals surface area (Å²) >= 11 is 1.14. The number of nitrogens with zero attached hydrogens (tertiary/aromatic N) is 2. The molecule has 0 bridgehead atoms. The van der Waals surface area contributed by atoms with Gasteiger partial charge in [-0.05, 0) is 44.0 Å². The van der Waals surface area contributed by atoms with Crippen molar-refractivity contribution >= 4 is 28.4 Å².